The van der Waals surface area contributed by atoms with Gasteiger partial charge in [0.05, 0.1) is 19.4 Å². The molecule has 6 heteroatoms. The van der Waals surface area contributed by atoms with Crippen molar-refractivity contribution >= 4 is 12.1 Å². The largest absolute Gasteiger partial charge is 0.462 e. The van der Waals surface area contributed by atoms with Gasteiger partial charge in [0.15, 0.2) is 0 Å². The number of hydrogen-bond donors (Lipinski definition) is 0. The summed E-state index contributed by atoms with van der Waals surface area (Å²) in [7, 11) is 1.19. The number of carbonyl (C=O) groups is 2. The van der Waals surface area contributed by atoms with Crippen LogP contribution in [0.15, 0.2) is 22.0 Å². The first-order chi connectivity index (χ1) is 7.60. The second kappa shape index (κ2) is 8.58. The first-order valence-corrected chi connectivity index (χ1v) is 4.95. The molecule has 0 rings (SSSR count). The van der Waals surface area contributed by atoms with Gasteiger partial charge in [0, 0.05) is 6.08 Å². The number of nitrogens with zero attached hydrogens (tertiary/aromatic N) is 2. The monoisotopic (exact) mass is 228 g/mol. The number of rotatable bonds is 5. The number of hydrogen-bond acceptors (Lipinski definition) is 5. The smallest absolute Gasteiger partial charge is 0.452 e. The van der Waals surface area contributed by atoms with Crippen LogP contribution in [0.5, 0.6) is 0 Å². The average Bonchev–Trinajstić information content (AvgIpc) is 2.26. The summed E-state index contributed by atoms with van der Waals surface area (Å²) in [5.41, 5.74) is 0.284. The Kier molecular flexibility index (Phi) is 7.66. The molecule has 6 nitrogen and oxygen atoms in total. The lowest BCUT2D eigenvalue weighted by molar-refractivity contribution is -0.137. The quantitative estimate of drug-likeness (QED) is 0.313. The van der Waals surface area contributed by atoms with Crippen LogP contribution in [0.2, 0.25) is 0 Å². The normalized spacial score (nSPS) is 11.6. The van der Waals surface area contributed by atoms with E-state index in [2.05, 4.69) is 15.0 Å². The first-order valence-electron chi connectivity index (χ1n) is 4.95. The maximum absolute atomic E-state index is 11.1. The van der Waals surface area contributed by atoms with Crippen molar-refractivity contribution in [1.82, 2.24) is 0 Å². The van der Waals surface area contributed by atoms with E-state index < -0.39 is 12.1 Å². The van der Waals surface area contributed by atoms with Crippen LogP contribution in [0.1, 0.15) is 26.7 Å². The Bertz CT molecular complexity index is 297. The third-order valence-electron chi connectivity index (χ3n) is 1.53. The summed E-state index contributed by atoms with van der Waals surface area (Å²) in [6, 6.07) is 0. The van der Waals surface area contributed by atoms with Crippen molar-refractivity contribution in [3.8, 4) is 0 Å². The van der Waals surface area contributed by atoms with Crippen LogP contribution in [0.25, 0.3) is 0 Å². The summed E-state index contributed by atoms with van der Waals surface area (Å²) in [6.45, 7) is 3.92. The molecule has 0 bridgehead atoms. The molecule has 0 aliphatic heterocycles. The minimum atomic E-state index is -0.813. The van der Waals surface area contributed by atoms with Gasteiger partial charge < -0.3 is 9.47 Å². The van der Waals surface area contributed by atoms with Gasteiger partial charge in [-0.3, -0.25) is 0 Å². The third-order valence-corrected chi connectivity index (χ3v) is 1.53. The van der Waals surface area contributed by atoms with Gasteiger partial charge in [0.2, 0.25) is 0 Å². The number of unbranched alkanes of at least 4 members (excludes halogenated alkanes) is 1. The highest BCUT2D eigenvalue weighted by atomic mass is 16.5. The Balaban J connectivity index is 4.05. The van der Waals surface area contributed by atoms with Crippen molar-refractivity contribution in [2.24, 2.45) is 10.2 Å². The maximum Gasteiger partial charge on any atom is 0.452 e. The van der Waals surface area contributed by atoms with E-state index >= 15 is 0 Å². The molecule has 1 amide bonds. The Labute approximate surface area is 94.3 Å². The summed E-state index contributed by atoms with van der Waals surface area (Å²) in [6.07, 6.45) is 2.13. The van der Waals surface area contributed by atoms with Crippen molar-refractivity contribution < 1.29 is 19.1 Å². The predicted octanol–water partition coefficient (Wildman–Crippen LogP) is 2.45. The molecular formula is C10H16N2O4. The van der Waals surface area contributed by atoms with Gasteiger partial charge in [0.1, 0.15) is 0 Å². The van der Waals surface area contributed by atoms with E-state index in [0.717, 1.165) is 12.8 Å². The Morgan fingerprint density at radius 2 is 2.00 bits per heavy atom. The maximum atomic E-state index is 11.1. The van der Waals surface area contributed by atoms with E-state index in [1.165, 1.54) is 20.1 Å². The van der Waals surface area contributed by atoms with Gasteiger partial charge in [-0.2, -0.15) is 0 Å². The lowest BCUT2D eigenvalue weighted by Crippen LogP contribution is -2.02. The summed E-state index contributed by atoms with van der Waals surface area (Å²) in [5.74, 6) is -0.491. The van der Waals surface area contributed by atoms with Crippen molar-refractivity contribution in [3.63, 3.8) is 0 Å². The molecule has 0 saturated heterocycles. The molecule has 0 N–H and O–H groups in total. The fourth-order valence-electron chi connectivity index (χ4n) is 0.719. The molecule has 0 aromatic carbocycles. The lowest BCUT2D eigenvalue weighted by Gasteiger charge is -1.99. The summed E-state index contributed by atoms with van der Waals surface area (Å²) in [5, 5.41) is 6.65. The molecule has 0 aliphatic carbocycles. The van der Waals surface area contributed by atoms with Crippen molar-refractivity contribution in [2.75, 3.05) is 13.7 Å². The van der Waals surface area contributed by atoms with Crippen LogP contribution in [0.4, 0.5) is 4.79 Å². The standard InChI is InChI=1S/C10H16N2O4/c1-4-5-6-16-9(13)7-8(2)11-12-10(14)15-3/h7H,4-6H2,1-3H3/b8-7-,12-11?. The fraction of sp³-hybridized carbons (Fsp3) is 0.600. The second-order valence-electron chi connectivity index (χ2n) is 2.98. The van der Waals surface area contributed by atoms with Crippen LogP contribution in [-0.2, 0) is 14.3 Å². The summed E-state index contributed by atoms with van der Waals surface area (Å²) >= 11 is 0. The molecule has 0 unspecified atom stereocenters. The van der Waals surface area contributed by atoms with Gasteiger partial charge >= 0.3 is 12.1 Å². The van der Waals surface area contributed by atoms with Crippen LogP contribution >= 0.6 is 0 Å². The van der Waals surface area contributed by atoms with E-state index in [1.54, 1.807) is 0 Å². The topological polar surface area (TPSA) is 77.3 Å². The van der Waals surface area contributed by atoms with Gasteiger partial charge in [-0.1, -0.05) is 18.5 Å². The molecule has 0 fully saturated rings. The SMILES string of the molecule is CCCCOC(=O)/C=C(/C)N=NC(=O)OC. The van der Waals surface area contributed by atoms with Gasteiger partial charge in [0.25, 0.3) is 0 Å². The lowest BCUT2D eigenvalue weighted by atomic mass is 10.4. The molecular weight excluding hydrogens is 212 g/mol. The number of methoxy groups -OCH3 is 1. The average molecular weight is 228 g/mol. The fourth-order valence-corrected chi connectivity index (χ4v) is 0.719. The highest BCUT2D eigenvalue weighted by molar-refractivity contribution is 5.82. The zero-order chi connectivity index (χ0) is 12.4. The molecule has 0 aliphatic rings. The van der Waals surface area contributed by atoms with Crippen molar-refractivity contribution in [3.05, 3.63) is 11.8 Å². The first kappa shape index (κ1) is 14.3. The molecule has 16 heavy (non-hydrogen) atoms. The van der Waals surface area contributed by atoms with E-state index in [9.17, 15) is 9.59 Å². The highest BCUT2D eigenvalue weighted by Gasteiger charge is 1.99. The molecule has 0 atom stereocenters. The molecule has 0 aromatic heterocycles. The van der Waals surface area contributed by atoms with Crippen molar-refractivity contribution in [2.45, 2.75) is 26.7 Å². The zero-order valence-electron chi connectivity index (χ0n) is 9.73. The van der Waals surface area contributed by atoms with E-state index in [1.807, 2.05) is 6.92 Å². The van der Waals surface area contributed by atoms with E-state index in [4.69, 9.17) is 4.74 Å². The van der Waals surface area contributed by atoms with Gasteiger partial charge in [-0.25, -0.2) is 9.59 Å². The van der Waals surface area contributed by atoms with Crippen LogP contribution in [-0.4, -0.2) is 25.8 Å². The van der Waals surface area contributed by atoms with Crippen LogP contribution in [0, 0.1) is 0 Å². The second-order valence-corrected chi connectivity index (χ2v) is 2.98. The number of carbonyl (C=O) groups excluding carboxylic acids is 2. The molecule has 0 saturated carbocycles. The molecule has 0 heterocycles. The number of allylic oxidation sites excluding steroid dienone is 1. The molecule has 90 valence electrons. The number of esters is 1. The van der Waals surface area contributed by atoms with Crippen molar-refractivity contribution in [1.29, 1.82) is 0 Å². The number of ether oxygens (including phenoxy) is 2. The zero-order valence-corrected chi connectivity index (χ0v) is 9.73. The van der Waals surface area contributed by atoms with E-state index in [0.29, 0.717) is 6.61 Å². The molecule has 0 radical (unpaired) electrons. The highest BCUT2D eigenvalue weighted by Crippen LogP contribution is 1.98. The van der Waals surface area contributed by atoms with Gasteiger partial charge in [-0.05, 0) is 13.3 Å². The number of amides is 1. The third kappa shape index (κ3) is 7.66. The summed E-state index contributed by atoms with van der Waals surface area (Å²) in [4.78, 5) is 21.7. The van der Waals surface area contributed by atoms with E-state index in [-0.39, 0.29) is 5.70 Å². The summed E-state index contributed by atoms with van der Waals surface area (Å²) < 4.78 is 9.10. The molecule has 0 aromatic rings. The number of azo groups is 1. The van der Waals surface area contributed by atoms with Gasteiger partial charge in [-0.15, -0.1) is 5.11 Å². The van der Waals surface area contributed by atoms with Crippen LogP contribution in [0.3, 0.4) is 0 Å². The Hall–Kier alpha value is -1.72. The van der Waals surface area contributed by atoms with Crippen LogP contribution < -0.4 is 0 Å². The Morgan fingerprint density at radius 3 is 2.56 bits per heavy atom. The minimum Gasteiger partial charge on any atom is -0.462 e. The minimum absolute atomic E-state index is 0.284. The predicted molar refractivity (Wildman–Crippen MR) is 56.9 cm³/mol. The molecule has 0 spiro atoms. The Morgan fingerprint density at radius 1 is 1.31 bits per heavy atom.